The van der Waals surface area contributed by atoms with E-state index in [1.807, 2.05) is 35.1 Å². The van der Waals surface area contributed by atoms with Crippen LogP contribution in [-0.4, -0.2) is 236 Å². The van der Waals surface area contributed by atoms with Crippen LogP contribution in [0.25, 0.3) is 0 Å². The van der Waals surface area contributed by atoms with Gasteiger partial charge in [-0.1, -0.05) is 183 Å². The molecule has 0 amide bonds. The monoisotopic (exact) mass is 1570 g/mol. The van der Waals surface area contributed by atoms with E-state index in [9.17, 15) is 37.2 Å². The number of aldehydes is 1. The number of hydrogen-bond acceptors (Lipinski definition) is 19. The van der Waals surface area contributed by atoms with E-state index in [1.54, 1.807) is 6.92 Å². The number of nitrogens with zero attached hydrogens (tertiary/aromatic N) is 4. The molecule has 1 rings (SSSR count). The van der Waals surface area contributed by atoms with Gasteiger partial charge in [-0.2, -0.15) is 8.42 Å². The molecule has 24 nitrogen and oxygen atoms in total. The van der Waals surface area contributed by atoms with Crippen LogP contribution in [0.4, 0.5) is 0 Å². The molecule has 0 aromatic carbocycles. The molecule has 1 heterocycles. The lowest BCUT2D eigenvalue weighted by molar-refractivity contribution is -0.890. The Labute approximate surface area is 656 Å². The Morgan fingerprint density at radius 2 is 0.748 bits per heavy atom. The molecule has 7 N–H and O–H groups in total. The Balaban J connectivity index is -0.000000129. The lowest BCUT2D eigenvalue weighted by Crippen LogP contribution is -2.41. The lowest BCUT2D eigenvalue weighted by Gasteiger charge is -2.29. The molecule has 0 atom stereocenters. The number of ether oxygens (including phenoxy) is 3. The van der Waals surface area contributed by atoms with E-state index >= 15 is 0 Å². The van der Waals surface area contributed by atoms with E-state index in [1.165, 1.54) is 168 Å². The van der Waals surface area contributed by atoms with Gasteiger partial charge in [0.05, 0.1) is 59.4 Å². The van der Waals surface area contributed by atoms with Crippen molar-refractivity contribution in [3.8, 4) is 0 Å². The number of aliphatic carboxylic acids is 3. The Hall–Kier alpha value is -4.37. The highest BCUT2D eigenvalue weighted by Gasteiger charge is 2.16. The number of unbranched alkanes of at least 4 members (excludes halogenated alkanes) is 30. The van der Waals surface area contributed by atoms with Crippen molar-refractivity contribution >= 4 is 58.7 Å². The second-order valence-electron chi connectivity index (χ2n) is 28.1. The van der Waals surface area contributed by atoms with Crippen molar-refractivity contribution in [1.82, 2.24) is 14.7 Å². The third-order valence-electron chi connectivity index (χ3n) is 15.7. The fourth-order valence-corrected chi connectivity index (χ4v) is 10.7. The molecule has 646 valence electrons. The number of carboxylic acid groups (broad SMARTS) is 4. The van der Waals surface area contributed by atoms with Crippen LogP contribution in [0.1, 0.15) is 351 Å². The van der Waals surface area contributed by atoms with Gasteiger partial charge in [0, 0.05) is 45.6 Å². The fraction of sp³-hybridized carbons (Fsp3) is 0.902. The van der Waals surface area contributed by atoms with Crippen molar-refractivity contribution in [3.63, 3.8) is 0 Å². The number of carbonyl (C=O) groups excluding carboxylic acids is 4. The van der Waals surface area contributed by atoms with Crippen molar-refractivity contribution in [2.75, 3.05) is 134 Å². The quantitative estimate of drug-likeness (QED) is 0.00822. The molecular weight excluding hydrogens is 1390 g/mol. The number of hydrogen-bond donors (Lipinski definition) is 6. The first-order valence-corrected chi connectivity index (χ1v) is 42.5. The second kappa shape index (κ2) is 106. The number of nitrogens with two attached hydrogens (primary N) is 1. The van der Waals surface area contributed by atoms with Gasteiger partial charge in [-0.15, -0.1) is 0 Å². The number of quaternary nitrogens is 1. The zero-order valence-electron chi connectivity index (χ0n) is 70.9. The minimum atomic E-state index is -3.08. The zero-order valence-corrected chi connectivity index (χ0v) is 71.7. The predicted octanol–water partition coefficient (Wildman–Crippen LogP) is 17.5. The summed E-state index contributed by atoms with van der Waals surface area (Å²) in [6, 6.07) is 0. The van der Waals surface area contributed by atoms with Gasteiger partial charge >= 0.3 is 35.8 Å². The Bertz CT molecular complexity index is 1880. The first kappa shape index (κ1) is 124. The third-order valence-corrected chi connectivity index (χ3v) is 17.0. The molecule has 0 aromatic rings. The van der Waals surface area contributed by atoms with Crippen LogP contribution < -0.4 is 5.73 Å². The molecule has 1 aliphatic rings. The average molecular weight is 1570 g/mol. The maximum atomic E-state index is 11.8. The summed E-state index contributed by atoms with van der Waals surface area (Å²) >= 11 is 0. The maximum Gasteiger partial charge on any atom is 0.305 e. The van der Waals surface area contributed by atoms with Crippen molar-refractivity contribution < 1.29 is 95.2 Å². The number of aliphatic hydroxyl groups excluding tert-OH is 1. The average Bonchev–Trinajstić information content (AvgIpc) is 0.918. The number of carbonyl (C=O) groups is 8. The Morgan fingerprint density at radius 1 is 0.449 bits per heavy atom. The second-order valence-corrected chi connectivity index (χ2v) is 29.9. The summed E-state index contributed by atoms with van der Waals surface area (Å²) in [7, 11) is 13.8. The molecule has 0 aliphatic carbocycles. The molecule has 1 fully saturated rings. The summed E-state index contributed by atoms with van der Waals surface area (Å²) in [6.07, 6.45) is 50.8. The normalized spacial score (nSPS) is 11.4. The topological polar surface area (TPSA) is 345 Å². The predicted molar refractivity (Wildman–Crippen MR) is 443 cm³/mol. The van der Waals surface area contributed by atoms with Gasteiger partial charge in [-0.3, -0.25) is 37.7 Å². The standard InChI is InChI=1S/C25H52NO2.C12H26O.C11H23NO2.2C8H17NO2.C6H13NO2.C4H8O3S.C4H8O2.C2H4O.CH2O2.CH4/c1-5-7-9-10-11-12-13-14-15-20-24-28-25(27)21-17-16-19-23-26(3,4)22-18-8-6-2;1-2-3-4-5-6-7-8-9-10-11-12-13;1-4-10-14-11(13)8-6-5-7-9-12(2)3;2*1-9(2)7-5-3-4-6-8(10)11;7-5-3-1-2-4-6(8)9;5-8(6)4-2-1-3-7-8;1-3-6-4(2)5;1-2-3;2-1-3;/h5-24H2,1-4H3;13H,2-12H2,1H3;4-10H2,1-3H3;2*3-7H2,1-2H3,(H,10,11);1-5,7H2,(H,8,9);1-4H2;3H2,1-2H3;2H,1H3;1H,(H,2,3);1H4/q+1;;;;;;;;;;. The third kappa shape index (κ3) is 155. The van der Waals surface area contributed by atoms with Gasteiger partial charge in [0.25, 0.3) is 16.6 Å². The molecule has 1 saturated heterocycles. The van der Waals surface area contributed by atoms with Crippen LogP contribution in [-0.2, 0) is 66.9 Å². The molecule has 107 heavy (non-hydrogen) atoms. The molecular formula is C82H174N5O19S+. The molecule has 0 aromatic heterocycles. The van der Waals surface area contributed by atoms with E-state index in [4.69, 9.17) is 50.3 Å². The van der Waals surface area contributed by atoms with E-state index in [2.05, 4.69) is 72.6 Å². The van der Waals surface area contributed by atoms with Gasteiger partial charge in [-0.05, 0) is 198 Å². The smallest absolute Gasteiger partial charge is 0.305 e. The molecule has 25 heteroatoms. The van der Waals surface area contributed by atoms with E-state index in [-0.39, 0.29) is 44.0 Å². The van der Waals surface area contributed by atoms with Crippen LogP contribution in [0, 0.1) is 0 Å². The van der Waals surface area contributed by atoms with E-state index in [0.29, 0.717) is 65.3 Å². The van der Waals surface area contributed by atoms with Crippen LogP contribution in [0.5, 0.6) is 0 Å². The van der Waals surface area contributed by atoms with Gasteiger partial charge in [-0.25, -0.2) is 0 Å². The molecule has 0 radical (unpaired) electrons. The molecule has 0 saturated carbocycles. The summed E-state index contributed by atoms with van der Waals surface area (Å²) < 4.78 is 41.2. The van der Waals surface area contributed by atoms with Crippen LogP contribution >= 0.6 is 0 Å². The highest BCUT2D eigenvalue weighted by atomic mass is 32.2. The first-order chi connectivity index (χ1) is 50.4. The van der Waals surface area contributed by atoms with Crippen molar-refractivity contribution in [1.29, 1.82) is 0 Å². The number of esters is 3. The van der Waals surface area contributed by atoms with Crippen molar-refractivity contribution in [2.45, 2.75) is 351 Å². The fourth-order valence-electron chi connectivity index (χ4n) is 9.69. The summed E-state index contributed by atoms with van der Waals surface area (Å²) in [6.45, 7) is 21.9. The number of rotatable bonds is 57. The molecule has 1 aliphatic heterocycles. The minimum Gasteiger partial charge on any atom is -0.483 e. The summed E-state index contributed by atoms with van der Waals surface area (Å²) in [5.74, 6) is -2.13. The number of aliphatic hydroxyl groups is 1. The van der Waals surface area contributed by atoms with E-state index < -0.39 is 28.0 Å². The largest absolute Gasteiger partial charge is 0.483 e. The van der Waals surface area contributed by atoms with E-state index in [0.717, 1.165) is 152 Å². The highest BCUT2D eigenvalue weighted by Crippen LogP contribution is 2.14. The summed E-state index contributed by atoms with van der Waals surface area (Å²) in [5.41, 5.74) is 5.20. The zero-order chi connectivity index (χ0) is 82.5. The highest BCUT2D eigenvalue weighted by molar-refractivity contribution is 7.86. The van der Waals surface area contributed by atoms with Gasteiger partial charge in [0.2, 0.25) is 0 Å². The minimum absolute atomic E-state index is 0. The summed E-state index contributed by atoms with van der Waals surface area (Å²) in [4.78, 5) is 86.4. The summed E-state index contributed by atoms with van der Waals surface area (Å²) in [5, 5.41) is 40.3. The van der Waals surface area contributed by atoms with Crippen LogP contribution in [0.15, 0.2) is 0 Å². The molecule has 0 spiro atoms. The molecule has 0 unspecified atom stereocenters. The maximum absolute atomic E-state index is 11.8. The Kier molecular flexibility index (Phi) is 122. The van der Waals surface area contributed by atoms with Gasteiger partial charge < -0.3 is 69.5 Å². The lowest BCUT2D eigenvalue weighted by atomic mass is 10.1. The van der Waals surface area contributed by atoms with Gasteiger partial charge in [0.15, 0.2) is 0 Å². The van der Waals surface area contributed by atoms with Crippen molar-refractivity contribution in [3.05, 3.63) is 0 Å². The van der Waals surface area contributed by atoms with Crippen molar-refractivity contribution in [2.24, 2.45) is 5.73 Å². The number of carboxylic acids is 3. The van der Waals surface area contributed by atoms with Crippen LogP contribution in [0.2, 0.25) is 0 Å². The first-order valence-electron chi connectivity index (χ1n) is 40.9. The Morgan fingerprint density at radius 3 is 1.02 bits per heavy atom. The van der Waals surface area contributed by atoms with Crippen LogP contribution in [0.3, 0.4) is 0 Å². The van der Waals surface area contributed by atoms with Gasteiger partial charge in [0.1, 0.15) is 6.29 Å². The molecule has 0 bridgehead atoms. The SMILES string of the molecule is C.CC=O.CCCCCCCCCCCCO.CCCCCCCCCCCCOC(=O)CCCCC[N+](C)(C)CCCCC.CCCOC(=O)CCCCCN(C)C.CCOC(C)=O.CN(C)CCCCCC(=O)O.CN(C)CCCCCC(=O)O.NCCCCCC(=O)O.O=CO.O=S1(=O)CCCCO1.